The van der Waals surface area contributed by atoms with Gasteiger partial charge < -0.3 is 9.84 Å². The van der Waals surface area contributed by atoms with Gasteiger partial charge in [-0.15, -0.1) is 0 Å². The highest BCUT2D eigenvalue weighted by Crippen LogP contribution is 2.28. The Morgan fingerprint density at radius 1 is 1.19 bits per heavy atom. The van der Waals surface area contributed by atoms with Crippen molar-refractivity contribution in [3.8, 4) is 16.9 Å². The third-order valence-corrected chi connectivity index (χ3v) is 3.14. The van der Waals surface area contributed by atoms with Crippen LogP contribution >= 0.6 is 0 Å². The molecule has 0 fully saturated rings. The van der Waals surface area contributed by atoms with Gasteiger partial charge in [0.05, 0.1) is 7.11 Å². The summed E-state index contributed by atoms with van der Waals surface area (Å²) in [5, 5.41) is 9.29. The van der Waals surface area contributed by atoms with Gasteiger partial charge in [-0.1, -0.05) is 18.2 Å². The van der Waals surface area contributed by atoms with E-state index in [-0.39, 0.29) is 11.6 Å². The van der Waals surface area contributed by atoms with E-state index in [0.717, 1.165) is 5.56 Å². The molecule has 0 saturated heterocycles. The molecular formula is C17H15FO3. The lowest BCUT2D eigenvalue weighted by atomic mass is 9.99. The molecule has 21 heavy (non-hydrogen) atoms. The molecule has 0 atom stereocenters. The molecular weight excluding hydrogens is 271 g/mol. The van der Waals surface area contributed by atoms with Crippen LogP contribution in [-0.4, -0.2) is 18.2 Å². The number of rotatable bonds is 3. The zero-order valence-electron chi connectivity index (χ0n) is 11.8. The molecule has 2 aromatic rings. The first kappa shape index (κ1) is 14.8. The molecule has 1 N–H and O–H groups in total. The Bertz CT molecular complexity index is 688. The number of benzene rings is 2. The lowest BCUT2D eigenvalue weighted by Gasteiger charge is -2.08. The SMILES string of the molecule is COC(=O)/C=C(\C)c1ccc(F)c(-c2ccc(O)cc2)c1. The molecule has 0 aromatic heterocycles. The highest BCUT2D eigenvalue weighted by molar-refractivity contribution is 5.91. The smallest absolute Gasteiger partial charge is 0.330 e. The number of phenols is 1. The van der Waals surface area contributed by atoms with Crippen LogP contribution in [0, 0.1) is 5.82 Å². The van der Waals surface area contributed by atoms with Gasteiger partial charge in [-0.25, -0.2) is 9.18 Å². The summed E-state index contributed by atoms with van der Waals surface area (Å²) in [6, 6.07) is 10.9. The first-order valence-corrected chi connectivity index (χ1v) is 6.37. The molecule has 4 heteroatoms. The van der Waals surface area contributed by atoms with E-state index in [1.807, 2.05) is 0 Å². The minimum Gasteiger partial charge on any atom is -0.508 e. The zero-order valence-corrected chi connectivity index (χ0v) is 11.8. The van der Waals surface area contributed by atoms with Gasteiger partial charge in [0.25, 0.3) is 0 Å². The molecule has 0 aliphatic carbocycles. The van der Waals surface area contributed by atoms with Crippen LogP contribution in [0.5, 0.6) is 5.75 Å². The Morgan fingerprint density at radius 3 is 2.48 bits per heavy atom. The summed E-state index contributed by atoms with van der Waals surface area (Å²) in [6.07, 6.45) is 1.35. The predicted octanol–water partition coefficient (Wildman–Crippen LogP) is 3.77. The first-order chi connectivity index (χ1) is 10.0. The molecule has 2 aromatic carbocycles. The van der Waals surface area contributed by atoms with Gasteiger partial charge in [0.1, 0.15) is 11.6 Å². The number of carbonyl (C=O) groups is 1. The van der Waals surface area contributed by atoms with Crippen LogP contribution in [0.1, 0.15) is 12.5 Å². The highest BCUT2D eigenvalue weighted by Gasteiger charge is 2.08. The Morgan fingerprint density at radius 2 is 1.86 bits per heavy atom. The standard InChI is InChI=1S/C17H15FO3/c1-11(9-17(20)21-2)13-5-8-16(18)15(10-13)12-3-6-14(19)7-4-12/h3-10,19H,1-2H3/b11-9+. The Labute approximate surface area is 122 Å². The maximum Gasteiger partial charge on any atom is 0.330 e. The number of ether oxygens (including phenoxy) is 1. The average Bonchev–Trinajstić information content (AvgIpc) is 2.48. The largest absolute Gasteiger partial charge is 0.508 e. The van der Waals surface area contributed by atoms with Crippen molar-refractivity contribution in [2.45, 2.75) is 6.92 Å². The fourth-order valence-electron chi connectivity index (χ4n) is 1.95. The second-order valence-electron chi connectivity index (χ2n) is 4.59. The van der Waals surface area contributed by atoms with Gasteiger partial charge in [-0.2, -0.15) is 0 Å². The van der Waals surface area contributed by atoms with Gasteiger partial charge in [0.15, 0.2) is 0 Å². The van der Waals surface area contributed by atoms with Gasteiger partial charge in [-0.3, -0.25) is 0 Å². The van der Waals surface area contributed by atoms with Crippen LogP contribution in [0.2, 0.25) is 0 Å². The predicted molar refractivity (Wildman–Crippen MR) is 79.2 cm³/mol. The van der Waals surface area contributed by atoms with Gasteiger partial charge in [0.2, 0.25) is 0 Å². The van der Waals surface area contributed by atoms with Crippen molar-refractivity contribution in [1.29, 1.82) is 0 Å². The van der Waals surface area contributed by atoms with Gasteiger partial charge >= 0.3 is 5.97 Å². The van der Waals surface area contributed by atoms with Crippen molar-refractivity contribution in [1.82, 2.24) is 0 Å². The van der Waals surface area contributed by atoms with E-state index in [0.29, 0.717) is 16.7 Å². The molecule has 0 aliphatic heterocycles. The summed E-state index contributed by atoms with van der Waals surface area (Å²) in [5.74, 6) is -0.699. The number of phenolic OH excluding ortho intramolecular Hbond substituents is 1. The monoisotopic (exact) mass is 286 g/mol. The lowest BCUT2D eigenvalue weighted by molar-refractivity contribution is -0.134. The van der Waals surface area contributed by atoms with Crippen LogP contribution in [0.25, 0.3) is 16.7 Å². The molecule has 0 heterocycles. The number of aromatic hydroxyl groups is 1. The molecule has 0 amide bonds. The number of hydrogen-bond donors (Lipinski definition) is 1. The maximum absolute atomic E-state index is 14.0. The number of methoxy groups -OCH3 is 1. The van der Waals surface area contributed by atoms with E-state index >= 15 is 0 Å². The summed E-state index contributed by atoms with van der Waals surface area (Å²) in [5.41, 5.74) is 2.47. The Balaban J connectivity index is 2.44. The maximum atomic E-state index is 14.0. The molecule has 0 aliphatic rings. The fourth-order valence-corrected chi connectivity index (χ4v) is 1.95. The summed E-state index contributed by atoms with van der Waals surface area (Å²) >= 11 is 0. The van der Waals surface area contributed by atoms with E-state index < -0.39 is 5.97 Å². The highest BCUT2D eigenvalue weighted by atomic mass is 19.1. The Kier molecular flexibility index (Phi) is 4.38. The fraction of sp³-hybridized carbons (Fsp3) is 0.118. The van der Waals surface area contributed by atoms with Crippen LogP contribution in [0.4, 0.5) is 4.39 Å². The van der Waals surface area contributed by atoms with E-state index in [1.165, 1.54) is 31.4 Å². The number of carbonyl (C=O) groups excluding carboxylic acids is 1. The van der Waals surface area contributed by atoms with Crippen molar-refractivity contribution in [2.24, 2.45) is 0 Å². The molecule has 0 unspecified atom stereocenters. The minimum atomic E-state index is -0.456. The van der Waals surface area contributed by atoms with Crippen LogP contribution < -0.4 is 0 Å². The summed E-state index contributed by atoms with van der Waals surface area (Å²) < 4.78 is 18.6. The molecule has 108 valence electrons. The van der Waals surface area contributed by atoms with Crippen molar-refractivity contribution in [3.63, 3.8) is 0 Å². The number of allylic oxidation sites excluding steroid dienone is 1. The first-order valence-electron chi connectivity index (χ1n) is 6.37. The van der Waals surface area contributed by atoms with Gasteiger partial charge in [-0.05, 0) is 47.9 Å². The topological polar surface area (TPSA) is 46.5 Å². The number of hydrogen-bond acceptors (Lipinski definition) is 3. The summed E-state index contributed by atoms with van der Waals surface area (Å²) in [6.45, 7) is 1.75. The van der Waals surface area contributed by atoms with Crippen molar-refractivity contribution in [2.75, 3.05) is 7.11 Å². The number of esters is 1. The van der Waals surface area contributed by atoms with Crippen molar-refractivity contribution >= 4 is 11.5 Å². The van der Waals surface area contributed by atoms with E-state index in [2.05, 4.69) is 4.74 Å². The van der Waals surface area contributed by atoms with Crippen molar-refractivity contribution in [3.05, 3.63) is 59.9 Å². The van der Waals surface area contributed by atoms with E-state index in [9.17, 15) is 14.3 Å². The summed E-state index contributed by atoms with van der Waals surface area (Å²) in [7, 11) is 1.30. The van der Waals surface area contributed by atoms with E-state index in [4.69, 9.17) is 0 Å². The summed E-state index contributed by atoms with van der Waals surface area (Å²) in [4.78, 5) is 11.3. The molecule has 3 nitrogen and oxygen atoms in total. The quantitative estimate of drug-likeness (QED) is 0.690. The normalized spacial score (nSPS) is 11.3. The Hall–Kier alpha value is -2.62. The molecule has 0 saturated carbocycles. The zero-order chi connectivity index (χ0) is 15.4. The third kappa shape index (κ3) is 3.48. The second-order valence-corrected chi connectivity index (χ2v) is 4.59. The van der Waals surface area contributed by atoms with Crippen molar-refractivity contribution < 1.29 is 19.0 Å². The average molecular weight is 286 g/mol. The van der Waals surface area contributed by atoms with Crippen LogP contribution in [-0.2, 0) is 9.53 Å². The van der Waals surface area contributed by atoms with E-state index in [1.54, 1.807) is 31.2 Å². The molecule has 0 bridgehead atoms. The molecule has 0 spiro atoms. The van der Waals surface area contributed by atoms with Crippen LogP contribution in [0.15, 0.2) is 48.5 Å². The lowest BCUT2D eigenvalue weighted by Crippen LogP contribution is -1.96. The third-order valence-electron chi connectivity index (χ3n) is 3.14. The second kappa shape index (κ2) is 6.22. The minimum absolute atomic E-state index is 0.122. The van der Waals surface area contributed by atoms with Gasteiger partial charge in [0, 0.05) is 11.6 Å². The molecule has 0 radical (unpaired) electrons. The molecule has 2 rings (SSSR count). The van der Waals surface area contributed by atoms with Crippen LogP contribution in [0.3, 0.4) is 0 Å². The number of halogens is 1.